The summed E-state index contributed by atoms with van der Waals surface area (Å²) in [7, 11) is 1.68. The van der Waals surface area contributed by atoms with Crippen molar-refractivity contribution >= 4 is 11.8 Å². The molecule has 0 heterocycles. The molecule has 0 amide bonds. The number of nitrogens with two attached hydrogens (primary N) is 1. The molecule has 3 nitrogen and oxygen atoms in total. The van der Waals surface area contributed by atoms with Gasteiger partial charge in [-0.1, -0.05) is 6.07 Å². The highest BCUT2D eigenvalue weighted by molar-refractivity contribution is 7.99. The summed E-state index contributed by atoms with van der Waals surface area (Å²) >= 11 is 1.88. The Morgan fingerprint density at radius 2 is 2.33 bits per heavy atom. The fraction of sp³-hybridized carbons (Fsp3) is 0.571. The van der Waals surface area contributed by atoms with Gasteiger partial charge < -0.3 is 15.6 Å². The SMILES string of the molecule is COc1ccc2c(c1)C(N)C(SCCCO)CC2. The molecular weight excluding hydrogens is 246 g/mol. The summed E-state index contributed by atoms with van der Waals surface area (Å²) in [5.41, 5.74) is 8.93. The van der Waals surface area contributed by atoms with Crippen LogP contribution in [0, 0.1) is 0 Å². The van der Waals surface area contributed by atoms with Crippen molar-refractivity contribution in [3.63, 3.8) is 0 Å². The molecule has 0 saturated carbocycles. The van der Waals surface area contributed by atoms with Gasteiger partial charge in [-0.2, -0.15) is 11.8 Å². The normalized spacial score (nSPS) is 22.6. The van der Waals surface area contributed by atoms with E-state index in [2.05, 4.69) is 12.1 Å². The Hall–Kier alpha value is -0.710. The lowest BCUT2D eigenvalue weighted by atomic mass is 9.87. The zero-order chi connectivity index (χ0) is 13.0. The van der Waals surface area contributed by atoms with Crippen LogP contribution in [0.3, 0.4) is 0 Å². The van der Waals surface area contributed by atoms with Crippen LogP contribution in [0.5, 0.6) is 5.75 Å². The zero-order valence-corrected chi connectivity index (χ0v) is 11.6. The van der Waals surface area contributed by atoms with E-state index in [-0.39, 0.29) is 12.6 Å². The lowest BCUT2D eigenvalue weighted by Gasteiger charge is -2.31. The van der Waals surface area contributed by atoms with Crippen molar-refractivity contribution in [3.05, 3.63) is 29.3 Å². The van der Waals surface area contributed by atoms with Crippen LogP contribution in [0.4, 0.5) is 0 Å². The largest absolute Gasteiger partial charge is 0.497 e. The summed E-state index contributed by atoms with van der Waals surface area (Å²) in [6, 6.07) is 6.28. The van der Waals surface area contributed by atoms with Gasteiger partial charge in [0.1, 0.15) is 5.75 Å². The van der Waals surface area contributed by atoms with Crippen molar-refractivity contribution in [3.8, 4) is 5.75 Å². The van der Waals surface area contributed by atoms with E-state index >= 15 is 0 Å². The number of aliphatic hydroxyl groups is 1. The first kappa shape index (κ1) is 13.7. The second kappa shape index (κ2) is 6.45. The highest BCUT2D eigenvalue weighted by Crippen LogP contribution is 2.37. The van der Waals surface area contributed by atoms with Crippen molar-refractivity contribution < 1.29 is 9.84 Å². The third-order valence-corrected chi connectivity index (χ3v) is 4.93. The number of aryl methyl sites for hydroxylation is 1. The molecule has 3 N–H and O–H groups in total. The standard InChI is InChI=1S/C14H21NO2S/c1-17-11-5-3-10-4-6-13(18-8-2-7-16)14(15)12(10)9-11/h3,5,9,13-14,16H,2,4,6-8,15H2,1H3. The minimum Gasteiger partial charge on any atom is -0.497 e. The van der Waals surface area contributed by atoms with Gasteiger partial charge in [0.25, 0.3) is 0 Å². The van der Waals surface area contributed by atoms with E-state index in [4.69, 9.17) is 15.6 Å². The minimum atomic E-state index is 0.0764. The lowest BCUT2D eigenvalue weighted by molar-refractivity contribution is 0.296. The van der Waals surface area contributed by atoms with Gasteiger partial charge in [0.05, 0.1) is 7.11 Å². The van der Waals surface area contributed by atoms with Crippen molar-refractivity contribution in [1.82, 2.24) is 0 Å². The Morgan fingerprint density at radius 3 is 3.06 bits per heavy atom. The second-order valence-corrected chi connectivity index (χ2v) is 5.96. The van der Waals surface area contributed by atoms with Gasteiger partial charge in [-0.05, 0) is 48.3 Å². The Kier molecular flexibility index (Phi) is 4.92. The van der Waals surface area contributed by atoms with Gasteiger partial charge in [0.15, 0.2) is 0 Å². The van der Waals surface area contributed by atoms with Crippen LogP contribution >= 0.6 is 11.8 Å². The van der Waals surface area contributed by atoms with Gasteiger partial charge in [0, 0.05) is 17.9 Å². The molecule has 1 aromatic carbocycles. The summed E-state index contributed by atoms with van der Waals surface area (Å²) in [4.78, 5) is 0. The van der Waals surface area contributed by atoms with E-state index in [1.54, 1.807) is 7.11 Å². The highest BCUT2D eigenvalue weighted by atomic mass is 32.2. The van der Waals surface area contributed by atoms with E-state index in [9.17, 15) is 0 Å². The molecule has 0 bridgehead atoms. The summed E-state index contributed by atoms with van der Waals surface area (Å²) in [5, 5.41) is 9.28. The fourth-order valence-corrected chi connectivity index (χ4v) is 3.64. The van der Waals surface area contributed by atoms with Crippen LogP contribution in [0.1, 0.15) is 30.0 Å². The third kappa shape index (κ3) is 2.99. The first-order chi connectivity index (χ1) is 8.76. The van der Waals surface area contributed by atoms with Crippen LogP contribution < -0.4 is 10.5 Å². The van der Waals surface area contributed by atoms with Crippen LogP contribution in [0.15, 0.2) is 18.2 Å². The van der Waals surface area contributed by atoms with E-state index < -0.39 is 0 Å². The Morgan fingerprint density at radius 1 is 1.50 bits per heavy atom. The topological polar surface area (TPSA) is 55.5 Å². The van der Waals surface area contributed by atoms with Crippen LogP contribution in [0.25, 0.3) is 0 Å². The van der Waals surface area contributed by atoms with Gasteiger partial charge in [0.2, 0.25) is 0 Å². The van der Waals surface area contributed by atoms with Gasteiger partial charge in [-0.25, -0.2) is 0 Å². The van der Waals surface area contributed by atoms with Crippen molar-refractivity contribution in [2.75, 3.05) is 19.5 Å². The Bertz CT molecular complexity index is 397. The maximum absolute atomic E-state index is 8.83. The predicted molar refractivity (Wildman–Crippen MR) is 76.2 cm³/mol. The molecule has 1 aliphatic rings. The van der Waals surface area contributed by atoms with Crippen LogP contribution in [-0.2, 0) is 6.42 Å². The van der Waals surface area contributed by atoms with E-state index in [1.165, 1.54) is 11.1 Å². The number of rotatable bonds is 5. The van der Waals surface area contributed by atoms with Crippen LogP contribution in [-0.4, -0.2) is 29.8 Å². The van der Waals surface area contributed by atoms with E-state index in [1.807, 2.05) is 17.8 Å². The highest BCUT2D eigenvalue weighted by Gasteiger charge is 2.27. The summed E-state index contributed by atoms with van der Waals surface area (Å²) in [6.45, 7) is 0.263. The van der Waals surface area contributed by atoms with Crippen molar-refractivity contribution in [2.45, 2.75) is 30.6 Å². The number of thioether (sulfide) groups is 1. The number of aliphatic hydroxyl groups excluding tert-OH is 1. The first-order valence-electron chi connectivity index (χ1n) is 6.41. The van der Waals surface area contributed by atoms with Crippen molar-refractivity contribution in [1.29, 1.82) is 0 Å². The molecule has 0 spiro atoms. The number of hydrogen-bond donors (Lipinski definition) is 2. The molecule has 0 radical (unpaired) electrons. The molecule has 2 rings (SSSR count). The quantitative estimate of drug-likeness (QED) is 0.802. The third-order valence-electron chi connectivity index (χ3n) is 3.45. The average molecular weight is 267 g/mol. The minimum absolute atomic E-state index is 0.0764. The smallest absolute Gasteiger partial charge is 0.119 e. The molecule has 0 saturated heterocycles. The van der Waals surface area contributed by atoms with Crippen molar-refractivity contribution in [2.24, 2.45) is 5.73 Å². The molecule has 2 atom stereocenters. The Labute approximate surface area is 113 Å². The number of benzene rings is 1. The predicted octanol–water partition coefficient (Wildman–Crippen LogP) is 2.13. The van der Waals surface area contributed by atoms with E-state index in [0.717, 1.165) is 30.8 Å². The molecule has 4 heteroatoms. The van der Waals surface area contributed by atoms with Gasteiger partial charge in [-0.3, -0.25) is 0 Å². The molecule has 1 aromatic rings. The second-order valence-electron chi connectivity index (χ2n) is 4.62. The number of fused-ring (bicyclic) bond motifs is 1. The number of methoxy groups -OCH3 is 1. The van der Waals surface area contributed by atoms with E-state index in [0.29, 0.717) is 5.25 Å². The molecule has 0 aliphatic heterocycles. The number of hydrogen-bond acceptors (Lipinski definition) is 4. The molecule has 0 aromatic heterocycles. The monoisotopic (exact) mass is 267 g/mol. The molecule has 0 fully saturated rings. The maximum Gasteiger partial charge on any atom is 0.119 e. The van der Waals surface area contributed by atoms with Gasteiger partial charge >= 0.3 is 0 Å². The molecule has 2 unspecified atom stereocenters. The summed E-state index contributed by atoms with van der Waals surface area (Å²) in [5.74, 6) is 1.86. The number of ether oxygens (including phenoxy) is 1. The maximum atomic E-state index is 8.83. The molecule has 18 heavy (non-hydrogen) atoms. The summed E-state index contributed by atoms with van der Waals surface area (Å²) < 4.78 is 5.27. The van der Waals surface area contributed by atoms with Crippen LogP contribution in [0.2, 0.25) is 0 Å². The fourth-order valence-electron chi connectivity index (χ4n) is 2.40. The first-order valence-corrected chi connectivity index (χ1v) is 7.46. The van der Waals surface area contributed by atoms with Gasteiger partial charge in [-0.15, -0.1) is 0 Å². The molecule has 1 aliphatic carbocycles. The summed E-state index contributed by atoms with van der Waals surface area (Å²) in [6.07, 6.45) is 3.05. The Balaban J connectivity index is 2.08. The zero-order valence-electron chi connectivity index (χ0n) is 10.8. The lowest BCUT2D eigenvalue weighted by Crippen LogP contribution is -2.29. The molecule has 100 valence electrons. The molecular formula is C14H21NO2S. The average Bonchev–Trinajstić information content (AvgIpc) is 2.41.